The minimum Gasteiger partial charge on any atom is -0.487 e. The van der Waals surface area contributed by atoms with Gasteiger partial charge in [0, 0.05) is 24.4 Å². The van der Waals surface area contributed by atoms with Crippen molar-refractivity contribution in [3.63, 3.8) is 0 Å². The van der Waals surface area contributed by atoms with Gasteiger partial charge >= 0.3 is 0 Å². The molecule has 0 aliphatic carbocycles. The van der Waals surface area contributed by atoms with Gasteiger partial charge in [-0.1, -0.05) is 18.2 Å². The van der Waals surface area contributed by atoms with E-state index in [0.29, 0.717) is 18.0 Å². The highest BCUT2D eigenvalue weighted by Crippen LogP contribution is 2.43. The zero-order valence-electron chi connectivity index (χ0n) is 11.8. The molecule has 1 N–H and O–H groups in total. The number of para-hydroxylation sites is 1. The van der Waals surface area contributed by atoms with Crippen molar-refractivity contribution in [2.45, 2.75) is 64.1 Å². The lowest BCUT2D eigenvalue weighted by Gasteiger charge is -2.21. The van der Waals surface area contributed by atoms with E-state index >= 15 is 0 Å². The van der Waals surface area contributed by atoms with Gasteiger partial charge < -0.3 is 10.1 Å². The topological polar surface area (TPSA) is 21.3 Å². The van der Waals surface area contributed by atoms with Crippen molar-refractivity contribution < 1.29 is 4.74 Å². The molecule has 0 spiro atoms. The Bertz CT molecular complexity index is 466. The summed E-state index contributed by atoms with van der Waals surface area (Å²) in [6, 6.07) is 7.80. The second-order valence-corrected chi connectivity index (χ2v) is 6.57. The predicted molar refractivity (Wildman–Crippen MR) is 74.3 cm³/mol. The van der Waals surface area contributed by atoms with E-state index in [4.69, 9.17) is 4.74 Å². The van der Waals surface area contributed by atoms with Crippen molar-refractivity contribution in [3.05, 3.63) is 29.3 Å². The number of ether oxygens (including phenoxy) is 1. The Morgan fingerprint density at radius 2 is 2.06 bits per heavy atom. The molecule has 1 aromatic carbocycles. The van der Waals surface area contributed by atoms with E-state index in [-0.39, 0.29) is 5.60 Å². The maximum absolute atomic E-state index is 6.19. The minimum absolute atomic E-state index is 0.0423. The van der Waals surface area contributed by atoms with Crippen molar-refractivity contribution >= 4 is 0 Å². The average Bonchev–Trinajstić information content (AvgIpc) is 2.75. The van der Waals surface area contributed by atoms with Crippen LogP contribution in [0.25, 0.3) is 0 Å². The summed E-state index contributed by atoms with van der Waals surface area (Å²) in [4.78, 5) is 0. The van der Waals surface area contributed by atoms with Crippen LogP contribution in [0.1, 0.15) is 51.2 Å². The molecule has 2 heteroatoms. The third-order valence-corrected chi connectivity index (χ3v) is 4.28. The quantitative estimate of drug-likeness (QED) is 0.820. The van der Waals surface area contributed by atoms with Crippen LogP contribution in [-0.2, 0) is 6.42 Å². The molecule has 0 amide bonds. The lowest BCUT2D eigenvalue weighted by molar-refractivity contribution is 0.136. The van der Waals surface area contributed by atoms with Gasteiger partial charge in [0.15, 0.2) is 0 Å². The maximum Gasteiger partial charge on any atom is 0.126 e. The summed E-state index contributed by atoms with van der Waals surface area (Å²) in [6.07, 6.45) is 2.24. The van der Waals surface area contributed by atoms with Gasteiger partial charge in [-0.3, -0.25) is 0 Å². The van der Waals surface area contributed by atoms with Crippen LogP contribution in [0, 0.1) is 0 Å². The van der Waals surface area contributed by atoms with Crippen LogP contribution in [-0.4, -0.2) is 17.7 Å². The molecule has 3 unspecified atom stereocenters. The Morgan fingerprint density at radius 3 is 2.72 bits per heavy atom. The zero-order valence-corrected chi connectivity index (χ0v) is 11.8. The molecular formula is C16H23NO. The first-order valence-corrected chi connectivity index (χ1v) is 7.03. The third-order valence-electron chi connectivity index (χ3n) is 4.28. The van der Waals surface area contributed by atoms with Crippen molar-refractivity contribution in [1.82, 2.24) is 5.32 Å². The van der Waals surface area contributed by atoms with Gasteiger partial charge in [0.25, 0.3) is 0 Å². The van der Waals surface area contributed by atoms with Crippen molar-refractivity contribution in [2.75, 3.05) is 0 Å². The van der Waals surface area contributed by atoms with Gasteiger partial charge in [0.1, 0.15) is 11.4 Å². The summed E-state index contributed by atoms with van der Waals surface area (Å²) < 4.78 is 6.19. The lowest BCUT2D eigenvalue weighted by atomic mass is 9.89. The fourth-order valence-corrected chi connectivity index (χ4v) is 3.55. The molecule has 0 saturated carbocycles. The molecule has 0 bridgehead atoms. The van der Waals surface area contributed by atoms with Gasteiger partial charge in [-0.05, 0) is 45.2 Å². The molecule has 1 saturated heterocycles. The predicted octanol–water partition coefficient (Wildman–Crippen LogP) is 3.25. The number of hydrogen-bond acceptors (Lipinski definition) is 2. The summed E-state index contributed by atoms with van der Waals surface area (Å²) in [5.41, 5.74) is 2.74. The van der Waals surface area contributed by atoms with E-state index in [2.05, 4.69) is 51.2 Å². The second kappa shape index (κ2) is 3.99. The second-order valence-electron chi connectivity index (χ2n) is 6.57. The SMILES string of the molecule is CC1CC(c2cccc3c2OC(C)(C)C3)C(C)N1. The molecule has 0 aromatic heterocycles. The van der Waals surface area contributed by atoms with Gasteiger partial charge in [-0.15, -0.1) is 0 Å². The Kier molecular flexibility index (Phi) is 2.67. The molecule has 3 rings (SSSR count). The fourth-order valence-electron chi connectivity index (χ4n) is 3.55. The Balaban J connectivity index is 1.98. The van der Waals surface area contributed by atoms with E-state index in [1.807, 2.05) is 0 Å². The van der Waals surface area contributed by atoms with Crippen LogP contribution in [0.4, 0.5) is 0 Å². The van der Waals surface area contributed by atoms with E-state index in [0.717, 1.165) is 12.2 Å². The van der Waals surface area contributed by atoms with Crippen LogP contribution in [0.15, 0.2) is 18.2 Å². The molecule has 0 radical (unpaired) electrons. The molecule has 2 aliphatic heterocycles. The van der Waals surface area contributed by atoms with Crippen LogP contribution in [0.3, 0.4) is 0 Å². The highest BCUT2D eigenvalue weighted by Gasteiger charge is 2.36. The van der Waals surface area contributed by atoms with Gasteiger partial charge in [-0.2, -0.15) is 0 Å². The van der Waals surface area contributed by atoms with Crippen LogP contribution in [0.5, 0.6) is 5.75 Å². The number of nitrogens with one attached hydrogen (secondary N) is 1. The summed E-state index contributed by atoms with van der Waals surface area (Å²) >= 11 is 0. The van der Waals surface area contributed by atoms with Gasteiger partial charge in [0.05, 0.1) is 0 Å². The number of benzene rings is 1. The summed E-state index contributed by atoms with van der Waals surface area (Å²) in [5, 5.41) is 3.62. The largest absolute Gasteiger partial charge is 0.487 e. The highest BCUT2D eigenvalue weighted by molar-refractivity contribution is 5.48. The van der Waals surface area contributed by atoms with Crippen LogP contribution < -0.4 is 10.1 Å². The standard InChI is InChI=1S/C16H23NO/c1-10-8-14(11(2)17-10)13-7-5-6-12-9-16(3,4)18-15(12)13/h5-7,10-11,14,17H,8-9H2,1-4H3. The Hall–Kier alpha value is -1.02. The number of hydrogen-bond donors (Lipinski definition) is 1. The van der Waals surface area contributed by atoms with Crippen LogP contribution >= 0.6 is 0 Å². The molecule has 1 fully saturated rings. The molecular weight excluding hydrogens is 222 g/mol. The van der Waals surface area contributed by atoms with E-state index in [1.165, 1.54) is 17.5 Å². The van der Waals surface area contributed by atoms with Gasteiger partial charge in [-0.25, -0.2) is 0 Å². The van der Waals surface area contributed by atoms with E-state index < -0.39 is 0 Å². The first kappa shape index (κ1) is 12.0. The summed E-state index contributed by atoms with van der Waals surface area (Å²) in [7, 11) is 0. The summed E-state index contributed by atoms with van der Waals surface area (Å²) in [5.74, 6) is 1.75. The highest BCUT2D eigenvalue weighted by atomic mass is 16.5. The molecule has 18 heavy (non-hydrogen) atoms. The Morgan fingerprint density at radius 1 is 1.28 bits per heavy atom. The minimum atomic E-state index is -0.0423. The molecule has 1 aromatic rings. The van der Waals surface area contributed by atoms with E-state index in [1.54, 1.807) is 0 Å². The number of rotatable bonds is 1. The average molecular weight is 245 g/mol. The third kappa shape index (κ3) is 1.93. The fraction of sp³-hybridized carbons (Fsp3) is 0.625. The monoisotopic (exact) mass is 245 g/mol. The van der Waals surface area contributed by atoms with Gasteiger partial charge in [0.2, 0.25) is 0 Å². The zero-order chi connectivity index (χ0) is 12.9. The van der Waals surface area contributed by atoms with E-state index in [9.17, 15) is 0 Å². The molecule has 3 atom stereocenters. The molecule has 2 heterocycles. The molecule has 98 valence electrons. The molecule has 2 aliphatic rings. The lowest BCUT2D eigenvalue weighted by Crippen LogP contribution is -2.27. The normalized spacial score (nSPS) is 33.2. The van der Waals surface area contributed by atoms with Crippen molar-refractivity contribution in [3.8, 4) is 5.75 Å². The van der Waals surface area contributed by atoms with Crippen molar-refractivity contribution in [2.24, 2.45) is 0 Å². The Labute approximate surface area is 110 Å². The summed E-state index contributed by atoms with van der Waals surface area (Å²) in [6.45, 7) is 8.91. The number of fused-ring (bicyclic) bond motifs is 1. The van der Waals surface area contributed by atoms with Crippen LogP contribution in [0.2, 0.25) is 0 Å². The molecule has 2 nitrogen and oxygen atoms in total. The first-order valence-electron chi connectivity index (χ1n) is 7.03. The first-order chi connectivity index (χ1) is 8.46. The smallest absolute Gasteiger partial charge is 0.126 e. The maximum atomic E-state index is 6.19. The van der Waals surface area contributed by atoms with Crippen molar-refractivity contribution in [1.29, 1.82) is 0 Å².